The summed E-state index contributed by atoms with van der Waals surface area (Å²) < 4.78 is 0. The standard InChI is InChI=1S/C21H34N8O7/c1-3-10(2)17(21(35)36)29-19(33)13(4-5-15(23)30)27-20(34)14(6-11-8-25-9-26-11)28-18(32)12(22)7-16(24)31/h8-10,12-14,17H,3-7,22H2,1-2H3,(H2,23,30)(H2,24,31)(H,25,26)(H,27,34)(H,28,32)(H,29,33)(H,35,36). The van der Waals surface area contributed by atoms with Crippen LogP contribution in [0.4, 0.5) is 0 Å². The molecule has 0 fully saturated rings. The number of carboxylic acid groups (broad SMARTS) is 1. The lowest BCUT2D eigenvalue weighted by atomic mass is 9.98. The monoisotopic (exact) mass is 510 g/mol. The van der Waals surface area contributed by atoms with E-state index in [1.165, 1.54) is 12.5 Å². The molecule has 0 saturated heterocycles. The van der Waals surface area contributed by atoms with Crippen molar-refractivity contribution in [2.75, 3.05) is 0 Å². The van der Waals surface area contributed by atoms with Crippen LogP contribution in [0.15, 0.2) is 12.5 Å². The van der Waals surface area contributed by atoms with E-state index in [1.54, 1.807) is 13.8 Å². The second-order valence-corrected chi connectivity index (χ2v) is 8.40. The quantitative estimate of drug-likeness (QED) is 0.112. The summed E-state index contributed by atoms with van der Waals surface area (Å²) in [5.74, 6) is -5.74. The van der Waals surface area contributed by atoms with E-state index >= 15 is 0 Å². The van der Waals surface area contributed by atoms with E-state index in [2.05, 4.69) is 25.9 Å². The fourth-order valence-corrected chi connectivity index (χ4v) is 3.18. The Balaban J connectivity index is 3.11. The Morgan fingerprint density at radius 3 is 2.11 bits per heavy atom. The number of hydrogen-bond donors (Lipinski definition) is 8. The summed E-state index contributed by atoms with van der Waals surface area (Å²) in [5, 5.41) is 16.7. The minimum atomic E-state index is -1.34. The summed E-state index contributed by atoms with van der Waals surface area (Å²) in [6.45, 7) is 3.39. The molecule has 0 aliphatic heterocycles. The molecule has 0 spiro atoms. The minimum Gasteiger partial charge on any atom is -0.480 e. The third kappa shape index (κ3) is 10.1. The lowest BCUT2D eigenvalue weighted by Crippen LogP contribution is -2.58. The summed E-state index contributed by atoms with van der Waals surface area (Å²) in [6, 6.07) is -5.16. The van der Waals surface area contributed by atoms with E-state index in [0.29, 0.717) is 12.1 Å². The first-order valence-electron chi connectivity index (χ1n) is 11.3. The average Bonchev–Trinajstić information content (AvgIpc) is 3.31. The number of H-pyrrole nitrogens is 1. The number of carbonyl (C=O) groups excluding carboxylic acids is 5. The summed E-state index contributed by atoms with van der Waals surface area (Å²) in [6.07, 6.45) is 2.19. The van der Waals surface area contributed by atoms with Gasteiger partial charge in [0.2, 0.25) is 29.5 Å². The fourth-order valence-electron chi connectivity index (χ4n) is 3.18. The first-order valence-corrected chi connectivity index (χ1v) is 11.3. The Hall–Kier alpha value is -4.01. The molecular weight excluding hydrogens is 476 g/mol. The number of nitrogens with zero attached hydrogens (tertiary/aromatic N) is 1. The van der Waals surface area contributed by atoms with Gasteiger partial charge in [0.15, 0.2) is 0 Å². The van der Waals surface area contributed by atoms with Crippen molar-refractivity contribution < 1.29 is 33.9 Å². The van der Waals surface area contributed by atoms with Crippen LogP contribution in [0.25, 0.3) is 0 Å². The Bertz CT molecular complexity index is 937. The van der Waals surface area contributed by atoms with Crippen molar-refractivity contribution in [2.45, 2.75) is 70.1 Å². The Kier molecular flexibility index (Phi) is 12.0. The number of aromatic amines is 1. The number of nitrogens with two attached hydrogens (primary N) is 3. The highest BCUT2D eigenvalue weighted by Gasteiger charge is 2.32. The van der Waals surface area contributed by atoms with Crippen LogP contribution in [-0.4, -0.2) is 74.7 Å². The molecule has 36 heavy (non-hydrogen) atoms. The summed E-state index contributed by atoms with van der Waals surface area (Å²) in [7, 11) is 0. The number of amides is 5. The number of carboxylic acids is 1. The van der Waals surface area contributed by atoms with Crippen molar-refractivity contribution >= 4 is 35.5 Å². The molecule has 1 heterocycles. The molecule has 200 valence electrons. The third-order valence-electron chi connectivity index (χ3n) is 5.46. The fraction of sp³-hybridized carbons (Fsp3) is 0.571. The van der Waals surface area contributed by atoms with Crippen molar-refractivity contribution in [3.8, 4) is 0 Å². The number of aromatic nitrogens is 2. The van der Waals surface area contributed by atoms with Crippen LogP contribution in [0, 0.1) is 5.92 Å². The Labute approximate surface area is 207 Å². The van der Waals surface area contributed by atoms with Crippen molar-refractivity contribution in [1.82, 2.24) is 25.9 Å². The lowest BCUT2D eigenvalue weighted by Gasteiger charge is -2.26. The van der Waals surface area contributed by atoms with Crippen LogP contribution in [-0.2, 0) is 35.2 Å². The molecule has 5 amide bonds. The van der Waals surface area contributed by atoms with Crippen LogP contribution in [0.1, 0.15) is 45.2 Å². The first-order chi connectivity index (χ1) is 16.8. The molecule has 0 bridgehead atoms. The van der Waals surface area contributed by atoms with Gasteiger partial charge in [-0.2, -0.15) is 0 Å². The third-order valence-corrected chi connectivity index (χ3v) is 5.46. The molecule has 0 saturated carbocycles. The average molecular weight is 511 g/mol. The van der Waals surface area contributed by atoms with E-state index in [-0.39, 0.29) is 19.3 Å². The van der Waals surface area contributed by atoms with Gasteiger partial charge in [0.25, 0.3) is 0 Å². The van der Waals surface area contributed by atoms with Crippen LogP contribution < -0.4 is 33.2 Å². The summed E-state index contributed by atoms with van der Waals surface area (Å²) in [5.41, 5.74) is 16.4. The second-order valence-electron chi connectivity index (χ2n) is 8.40. The molecule has 0 aliphatic rings. The van der Waals surface area contributed by atoms with Gasteiger partial charge in [-0.15, -0.1) is 0 Å². The number of hydrogen-bond acceptors (Lipinski definition) is 8. The van der Waals surface area contributed by atoms with Gasteiger partial charge in [0.1, 0.15) is 18.1 Å². The number of carbonyl (C=O) groups is 6. The first kappa shape index (κ1) is 30.0. The molecule has 5 unspecified atom stereocenters. The predicted octanol–water partition coefficient (Wildman–Crippen LogP) is -2.99. The molecule has 1 rings (SSSR count). The molecule has 1 aromatic heterocycles. The van der Waals surface area contributed by atoms with Crippen LogP contribution in [0.3, 0.4) is 0 Å². The SMILES string of the molecule is CCC(C)C(NC(=O)C(CCC(N)=O)NC(=O)C(Cc1cnc[nH]1)NC(=O)C(N)CC(N)=O)C(=O)O. The number of aliphatic carboxylic acids is 1. The molecule has 0 aliphatic carbocycles. The molecule has 15 heteroatoms. The molecular formula is C21H34N8O7. The maximum atomic E-state index is 13.1. The van der Waals surface area contributed by atoms with E-state index in [0.717, 1.165) is 0 Å². The summed E-state index contributed by atoms with van der Waals surface area (Å²) in [4.78, 5) is 79.1. The van der Waals surface area contributed by atoms with E-state index in [4.69, 9.17) is 17.2 Å². The van der Waals surface area contributed by atoms with Gasteiger partial charge in [-0.3, -0.25) is 24.0 Å². The zero-order chi connectivity index (χ0) is 27.4. The molecule has 15 nitrogen and oxygen atoms in total. The highest BCUT2D eigenvalue weighted by molar-refractivity contribution is 5.95. The van der Waals surface area contributed by atoms with Crippen molar-refractivity contribution in [3.05, 3.63) is 18.2 Å². The normalized spacial score (nSPS) is 15.0. The maximum Gasteiger partial charge on any atom is 0.326 e. The zero-order valence-electron chi connectivity index (χ0n) is 20.2. The van der Waals surface area contributed by atoms with Crippen molar-refractivity contribution in [2.24, 2.45) is 23.1 Å². The molecule has 11 N–H and O–H groups in total. The smallest absolute Gasteiger partial charge is 0.326 e. The largest absolute Gasteiger partial charge is 0.480 e. The maximum absolute atomic E-state index is 13.1. The van der Waals surface area contributed by atoms with E-state index in [1.807, 2.05) is 0 Å². The van der Waals surface area contributed by atoms with E-state index < -0.39 is 72.0 Å². The zero-order valence-corrected chi connectivity index (χ0v) is 20.2. The number of rotatable bonds is 16. The number of imidazole rings is 1. The highest BCUT2D eigenvalue weighted by Crippen LogP contribution is 2.10. The Morgan fingerprint density at radius 1 is 1.00 bits per heavy atom. The van der Waals surface area contributed by atoms with Crippen LogP contribution in [0.2, 0.25) is 0 Å². The topological polar surface area (TPSA) is 265 Å². The molecule has 1 aromatic rings. The van der Waals surface area contributed by atoms with Gasteiger partial charge in [-0.05, 0) is 12.3 Å². The Morgan fingerprint density at radius 2 is 1.61 bits per heavy atom. The second kappa shape index (κ2) is 14.4. The van der Waals surface area contributed by atoms with Crippen molar-refractivity contribution in [3.63, 3.8) is 0 Å². The minimum absolute atomic E-state index is 0.0877. The molecule has 0 aromatic carbocycles. The van der Waals surface area contributed by atoms with Gasteiger partial charge >= 0.3 is 5.97 Å². The lowest BCUT2D eigenvalue weighted by molar-refractivity contribution is -0.144. The van der Waals surface area contributed by atoms with Gasteiger partial charge in [0.05, 0.1) is 18.8 Å². The van der Waals surface area contributed by atoms with Gasteiger partial charge in [-0.25, -0.2) is 9.78 Å². The highest BCUT2D eigenvalue weighted by atomic mass is 16.4. The summed E-state index contributed by atoms with van der Waals surface area (Å²) >= 11 is 0. The predicted molar refractivity (Wildman–Crippen MR) is 125 cm³/mol. The van der Waals surface area contributed by atoms with Crippen molar-refractivity contribution in [1.29, 1.82) is 0 Å². The van der Waals surface area contributed by atoms with Gasteiger partial charge in [0, 0.05) is 24.7 Å². The number of nitrogens with one attached hydrogen (secondary N) is 4. The van der Waals surface area contributed by atoms with Crippen LogP contribution in [0.5, 0.6) is 0 Å². The van der Waals surface area contributed by atoms with E-state index in [9.17, 15) is 33.9 Å². The van der Waals surface area contributed by atoms with Gasteiger partial charge < -0.3 is 43.2 Å². The van der Waals surface area contributed by atoms with Gasteiger partial charge in [-0.1, -0.05) is 20.3 Å². The number of primary amides is 2. The van der Waals surface area contributed by atoms with Crippen LogP contribution >= 0.6 is 0 Å². The molecule has 0 radical (unpaired) electrons. The molecule has 5 atom stereocenters.